The van der Waals surface area contributed by atoms with Crippen molar-refractivity contribution in [3.63, 3.8) is 0 Å². The molecule has 1 aliphatic rings. The van der Waals surface area contributed by atoms with E-state index in [-0.39, 0.29) is 5.91 Å². The van der Waals surface area contributed by atoms with Gasteiger partial charge in [0.1, 0.15) is 11.3 Å². The number of nitrogens with two attached hydrogens (primary N) is 1. The average Bonchev–Trinajstić information content (AvgIpc) is 3.15. The van der Waals surface area contributed by atoms with E-state index in [1.807, 2.05) is 4.57 Å². The normalized spacial score (nSPS) is 14.5. The van der Waals surface area contributed by atoms with Gasteiger partial charge in [-0.15, -0.1) is 0 Å². The molecule has 0 aromatic carbocycles. The highest BCUT2D eigenvalue weighted by Crippen LogP contribution is 2.37. The van der Waals surface area contributed by atoms with Crippen LogP contribution in [0.3, 0.4) is 0 Å². The summed E-state index contributed by atoms with van der Waals surface area (Å²) in [5.41, 5.74) is 6.38. The summed E-state index contributed by atoms with van der Waals surface area (Å²) in [6, 6.07) is 2.06. The van der Waals surface area contributed by atoms with Crippen molar-refractivity contribution in [3.8, 4) is 0 Å². The Bertz CT molecular complexity index is 556. The van der Waals surface area contributed by atoms with Gasteiger partial charge in [0.05, 0.1) is 5.69 Å². The molecule has 22 heavy (non-hydrogen) atoms. The van der Waals surface area contributed by atoms with Gasteiger partial charge in [0.15, 0.2) is 0 Å². The minimum atomic E-state index is -0.532. The van der Waals surface area contributed by atoms with Crippen LogP contribution in [0.2, 0.25) is 0 Å². The summed E-state index contributed by atoms with van der Waals surface area (Å²) in [6.07, 6.45) is 3.46. The Kier molecular flexibility index (Phi) is 4.63. The summed E-state index contributed by atoms with van der Waals surface area (Å²) < 4.78 is 7.03. The van der Waals surface area contributed by atoms with Gasteiger partial charge in [-0.1, -0.05) is 0 Å². The topological polar surface area (TPSA) is 98.4 Å². The molecule has 1 saturated carbocycles. The molecule has 1 heterocycles. The maximum atomic E-state index is 12.2. The number of anilines is 1. The average molecular weight is 308 g/mol. The molecular weight excluding hydrogens is 284 g/mol. The van der Waals surface area contributed by atoms with Crippen LogP contribution < -0.4 is 16.4 Å². The van der Waals surface area contributed by atoms with Gasteiger partial charge in [0, 0.05) is 25.3 Å². The van der Waals surface area contributed by atoms with E-state index in [1.54, 1.807) is 33.0 Å². The van der Waals surface area contributed by atoms with E-state index in [1.165, 1.54) is 0 Å². The summed E-state index contributed by atoms with van der Waals surface area (Å²) in [6.45, 7) is 6.02. The zero-order valence-electron chi connectivity index (χ0n) is 13.3. The summed E-state index contributed by atoms with van der Waals surface area (Å²) in [5.74, 6) is -0.186. The SMILES string of the molecule is CC(C)(C)OC(=O)NCCNC(=O)c1cc(N)cn1C1CC1. The van der Waals surface area contributed by atoms with Crippen LogP contribution >= 0.6 is 0 Å². The van der Waals surface area contributed by atoms with Gasteiger partial charge in [0.25, 0.3) is 5.91 Å². The van der Waals surface area contributed by atoms with E-state index in [0.717, 1.165) is 12.8 Å². The number of nitrogens with zero attached hydrogens (tertiary/aromatic N) is 1. The highest BCUT2D eigenvalue weighted by Gasteiger charge is 2.27. The number of alkyl carbamates (subject to hydrolysis) is 1. The van der Waals surface area contributed by atoms with Crippen molar-refractivity contribution in [2.45, 2.75) is 45.3 Å². The predicted octanol–water partition coefficient (Wildman–Crippen LogP) is 1.66. The first-order valence-electron chi connectivity index (χ1n) is 7.48. The number of hydrogen-bond donors (Lipinski definition) is 3. The largest absolute Gasteiger partial charge is 0.444 e. The molecule has 0 saturated heterocycles. The number of rotatable bonds is 5. The molecule has 1 aromatic heterocycles. The zero-order valence-corrected chi connectivity index (χ0v) is 13.3. The van der Waals surface area contributed by atoms with Crippen LogP contribution in [0.5, 0.6) is 0 Å². The van der Waals surface area contributed by atoms with Crippen molar-refractivity contribution < 1.29 is 14.3 Å². The standard InChI is InChI=1S/C15H24N4O3/c1-15(2,3)22-14(21)18-7-6-17-13(20)12-8-10(16)9-19(12)11-4-5-11/h8-9,11H,4-7,16H2,1-3H3,(H,17,20)(H,18,21). The van der Waals surface area contributed by atoms with E-state index in [9.17, 15) is 9.59 Å². The van der Waals surface area contributed by atoms with Crippen molar-refractivity contribution in [2.75, 3.05) is 18.8 Å². The molecule has 0 radical (unpaired) electrons. The number of aromatic nitrogens is 1. The second-order valence-corrected chi connectivity index (χ2v) is 6.48. The van der Waals surface area contributed by atoms with Crippen molar-refractivity contribution in [3.05, 3.63) is 18.0 Å². The molecule has 0 atom stereocenters. The quantitative estimate of drug-likeness (QED) is 0.720. The molecular formula is C15H24N4O3. The Balaban J connectivity index is 1.75. The highest BCUT2D eigenvalue weighted by atomic mass is 16.6. The fourth-order valence-electron chi connectivity index (χ4n) is 2.08. The van der Waals surface area contributed by atoms with E-state index in [0.29, 0.717) is 30.5 Å². The lowest BCUT2D eigenvalue weighted by Crippen LogP contribution is -2.38. The van der Waals surface area contributed by atoms with Crippen LogP contribution in [0.25, 0.3) is 0 Å². The third kappa shape index (κ3) is 4.68. The minimum absolute atomic E-state index is 0.186. The fraction of sp³-hybridized carbons (Fsp3) is 0.600. The number of carbonyl (C=O) groups is 2. The zero-order chi connectivity index (χ0) is 16.3. The molecule has 7 nitrogen and oxygen atoms in total. The van der Waals surface area contributed by atoms with Crippen molar-refractivity contribution in [2.24, 2.45) is 0 Å². The number of amides is 2. The Morgan fingerprint density at radius 1 is 1.32 bits per heavy atom. The van der Waals surface area contributed by atoms with Gasteiger partial charge >= 0.3 is 6.09 Å². The predicted molar refractivity (Wildman–Crippen MR) is 83.7 cm³/mol. The molecule has 0 unspecified atom stereocenters. The molecule has 7 heteroatoms. The van der Waals surface area contributed by atoms with E-state index < -0.39 is 11.7 Å². The van der Waals surface area contributed by atoms with Gasteiger partial charge in [0.2, 0.25) is 0 Å². The van der Waals surface area contributed by atoms with Gasteiger partial charge in [-0.2, -0.15) is 0 Å². The maximum absolute atomic E-state index is 12.2. The molecule has 1 aromatic rings. The Labute approximate surface area is 130 Å². The highest BCUT2D eigenvalue weighted by molar-refractivity contribution is 5.93. The number of carbonyl (C=O) groups excluding carboxylic acids is 2. The molecule has 122 valence electrons. The lowest BCUT2D eigenvalue weighted by atomic mass is 10.2. The van der Waals surface area contributed by atoms with Crippen molar-refractivity contribution >= 4 is 17.7 Å². The number of nitrogen functional groups attached to an aromatic ring is 1. The van der Waals surface area contributed by atoms with Crippen LogP contribution in [-0.4, -0.2) is 35.3 Å². The van der Waals surface area contributed by atoms with Crippen molar-refractivity contribution in [1.29, 1.82) is 0 Å². The molecule has 1 aliphatic carbocycles. The Morgan fingerprint density at radius 3 is 2.55 bits per heavy atom. The second kappa shape index (κ2) is 6.29. The molecule has 0 bridgehead atoms. The molecule has 4 N–H and O–H groups in total. The third-order valence-corrected chi connectivity index (χ3v) is 3.12. The van der Waals surface area contributed by atoms with E-state index in [2.05, 4.69) is 10.6 Å². The smallest absolute Gasteiger partial charge is 0.407 e. The van der Waals surface area contributed by atoms with Crippen LogP contribution in [0.1, 0.15) is 50.1 Å². The second-order valence-electron chi connectivity index (χ2n) is 6.48. The maximum Gasteiger partial charge on any atom is 0.407 e. The van der Waals surface area contributed by atoms with Gasteiger partial charge in [-0.05, 0) is 39.7 Å². The van der Waals surface area contributed by atoms with Crippen LogP contribution in [0, 0.1) is 0 Å². The van der Waals surface area contributed by atoms with E-state index >= 15 is 0 Å². The van der Waals surface area contributed by atoms with Gasteiger partial charge in [-0.25, -0.2) is 4.79 Å². The van der Waals surface area contributed by atoms with Gasteiger partial charge < -0.3 is 25.7 Å². The number of ether oxygens (including phenoxy) is 1. The first-order chi connectivity index (χ1) is 10.3. The van der Waals surface area contributed by atoms with Crippen LogP contribution in [0.15, 0.2) is 12.3 Å². The number of nitrogens with one attached hydrogen (secondary N) is 2. The molecule has 0 spiro atoms. The Morgan fingerprint density at radius 2 is 1.95 bits per heavy atom. The summed E-state index contributed by atoms with van der Waals surface area (Å²) in [5, 5.41) is 5.36. The van der Waals surface area contributed by atoms with Crippen molar-refractivity contribution in [1.82, 2.24) is 15.2 Å². The summed E-state index contributed by atoms with van der Waals surface area (Å²) in [7, 11) is 0. The first-order valence-corrected chi connectivity index (χ1v) is 7.48. The Hall–Kier alpha value is -2.18. The van der Waals surface area contributed by atoms with E-state index in [4.69, 9.17) is 10.5 Å². The first kappa shape index (κ1) is 16.2. The third-order valence-electron chi connectivity index (χ3n) is 3.12. The molecule has 2 rings (SSSR count). The lowest BCUT2D eigenvalue weighted by molar-refractivity contribution is 0.0526. The molecule has 0 aliphatic heterocycles. The fourth-order valence-corrected chi connectivity index (χ4v) is 2.08. The lowest BCUT2D eigenvalue weighted by Gasteiger charge is -2.19. The minimum Gasteiger partial charge on any atom is -0.444 e. The van der Waals surface area contributed by atoms with Gasteiger partial charge in [-0.3, -0.25) is 4.79 Å². The summed E-state index contributed by atoms with van der Waals surface area (Å²) in [4.78, 5) is 23.6. The van der Waals surface area contributed by atoms with Crippen LogP contribution in [0.4, 0.5) is 10.5 Å². The molecule has 2 amide bonds. The summed E-state index contributed by atoms with van der Waals surface area (Å²) >= 11 is 0. The number of hydrogen-bond acceptors (Lipinski definition) is 4. The monoisotopic (exact) mass is 308 g/mol. The van der Waals surface area contributed by atoms with Crippen LogP contribution in [-0.2, 0) is 4.74 Å². The molecule has 1 fully saturated rings.